The molecule has 1 aromatic rings. The van der Waals surface area contributed by atoms with Crippen molar-refractivity contribution >= 4 is 17.7 Å². The van der Waals surface area contributed by atoms with Crippen LogP contribution < -0.4 is 5.32 Å². The first-order valence-electron chi connectivity index (χ1n) is 7.67. The second-order valence-corrected chi connectivity index (χ2v) is 6.63. The fourth-order valence-corrected chi connectivity index (χ4v) is 2.56. The van der Waals surface area contributed by atoms with Gasteiger partial charge in [-0.05, 0) is 63.8 Å². The summed E-state index contributed by atoms with van der Waals surface area (Å²) in [5, 5.41) is 2.76. The van der Waals surface area contributed by atoms with Crippen molar-refractivity contribution in [2.24, 2.45) is 0 Å². The summed E-state index contributed by atoms with van der Waals surface area (Å²) in [6.07, 6.45) is 5.15. The van der Waals surface area contributed by atoms with E-state index in [1.165, 1.54) is 7.11 Å². The average Bonchev–Trinajstić information content (AvgIpc) is 2.46. The lowest BCUT2D eigenvalue weighted by molar-refractivity contribution is -0.139. The van der Waals surface area contributed by atoms with E-state index in [4.69, 9.17) is 15.9 Å². The molecule has 0 spiro atoms. The number of rotatable bonds is 3. The van der Waals surface area contributed by atoms with Gasteiger partial charge in [-0.25, -0.2) is 4.79 Å². The van der Waals surface area contributed by atoms with E-state index in [0.29, 0.717) is 11.3 Å². The third kappa shape index (κ3) is 4.51. The molecule has 130 valence electrons. The van der Waals surface area contributed by atoms with Crippen LogP contribution >= 0.6 is 0 Å². The lowest BCUT2D eigenvalue weighted by Crippen LogP contribution is -2.28. The lowest BCUT2D eigenvalue weighted by Gasteiger charge is -2.23. The number of hydrogen-bond acceptors (Lipinski definition) is 4. The summed E-state index contributed by atoms with van der Waals surface area (Å²) < 4.78 is 10.1. The van der Waals surface area contributed by atoms with Crippen LogP contribution in [0.4, 0.5) is 10.5 Å². The Morgan fingerprint density at radius 3 is 2.17 bits per heavy atom. The highest BCUT2D eigenvalue weighted by molar-refractivity contribution is 5.89. The van der Waals surface area contributed by atoms with Crippen LogP contribution in [-0.2, 0) is 20.7 Å². The van der Waals surface area contributed by atoms with Crippen molar-refractivity contribution in [2.45, 2.75) is 53.6 Å². The third-order valence-corrected chi connectivity index (χ3v) is 3.72. The molecular weight excluding hydrogens is 306 g/mol. The van der Waals surface area contributed by atoms with Gasteiger partial charge in [-0.2, -0.15) is 0 Å². The maximum absolute atomic E-state index is 12.1. The molecule has 5 nitrogen and oxygen atoms in total. The van der Waals surface area contributed by atoms with Gasteiger partial charge in [-0.1, -0.05) is 5.92 Å². The van der Waals surface area contributed by atoms with Gasteiger partial charge in [0.1, 0.15) is 5.60 Å². The predicted octanol–water partition coefficient (Wildman–Crippen LogP) is 3.66. The van der Waals surface area contributed by atoms with Crippen molar-refractivity contribution < 1.29 is 19.1 Å². The predicted molar refractivity (Wildman–Crippen MR) is 94.2 cm³/mol. The van der Waals surface area contributed by atoms with Crippen LogP contribution in [-0.4, -0.2) is 24.8 Å². The first kappa shape index (κ1) is 19.6. The van der Waals surface area contributed by atoms with Crippen LogP contribution in [0.2, 0.25) is 0 Å². The molecule has 1 rings (SSSR count). The summed E-state index contributed by atoms with van der Waals surface area (Å²) in [7, 11) is 1.34. The Kier molecular flexibility index (Phi) is 6.03. The zero-order valence-electron chi connectivity index (χ0n) is 15.4. The minimum absolute atomic E-state index is 0.0894. The molecule has 1 aromatic carbocycles. The van der Waals surface area contributed by atoms with Gasteiger partial charge in [0.2, 0.25) is 0 Å². The van der Waals surface area contributed by atoms with E-state index in [9.17, 15) is 9.59 Å². The van der Waals surface area contributed by atoms with Crippen molar-refractivity contribution in [1.82, 2.24) is 0 Å². The average molecular weight is 331 g/mol. The fourth-order valence-electron chi connectivity index (χ4n) is 2.56. The maximum Gasteiger partial charge on any atom is 0.412 e. The zero-order valence-corrected chi connectivity index (χ0v) is 15.4. The number of methoxy groups -OCH3 is 1. The highest BCUT2D eigenvalue weighted by Gasteiger charge is 2.22. The Labute approximate surface area is 143 Å². The number of anilines is 1. The molecule has 1 amide bonds. The van der Waals surface area contributed by atoms with Crippen LogP contribution in [0.5, 0.6) is 0 Å². The van der Waals surface area contributed by atoms with Crippen molar-refractivity contribution in [3.05, 3.63) is 27.8 Å². The van der Waals surface area contributed by atoms with Gasteiger partial charge < -0.3 is 9.47 Å². The largest absolute Gasteiger partial charge is 0.469 e. The molecule has 24 heavy (non-hydrogen) atoms. The number of amides is 1. The summed E-state index contributed by atoms with van der Waals surface area (Å²) in [6.45, 7) is 10.9. The molecule has 0 atom stereocenters. The number of carbonyl (C=O) groups is 2. The van der Waals surface area contributed by atoms with Gasteiger partial charge in [0.05, 0.1) is 19.2 Å². The molecular formula is C19H25NO4. The van der Waals surface area contributed by atoms with E-state index in [1.54, 1.807) is 20.8 Å². The highest BCUT2D eigenvalue weighted by Crippen LogP contribution is 2.31. The van der Waals surface area contributed by atoms with Crippen LogP contribution in [0.3, 0.4) is 0 Å². The van der Waals surface area contributed by atoms with Crippen LogP contribution in [0.15, 0.2) is 0 Å². The smallest absolute Gasteiger partial charge is 0.412 e. The van der Waals surface area contributed by atoms with E-state index in [1.807, 2.05) is 20.8 Å². The molecule has 0 aliphatic carbocycles. The minimum atomic E-state index is -0.611. The Hall–Kier alpha value is -2.48. The third-order valence-electron chi connectivity index (χ3n) is 3.72. The molecule has 0 aromatic heterocycles. The van der Waals surface area contributed by atoms with Crippen molar-refractivity contribution in [1.29, 1.82) is 0 Å². The number of esters is 1. The minimum Gasteiger partial charge on any atom is -0.469 e. The Balaban J connectivity index is 3.39. The second-order valence-electron chi connectivity index (χ2n) is 6.63. The van der Waals surface area contributed by atoms with E-state index >= 15 is 0 Å². The van der Waals surface area contributed by atoms with Crippen LogP contribution in [0, 0.1) is 33.1 Å². The topological polar surface area (TPSA) is 64.6 Å². The number of hydrogen-bond donors (Lipinski definition) is 1. The summed E-state index contributed by atoms with van der Waals surface area (Å²) >= 11 is 0. The van der Waals surface area contributed by atoms with Crippen LogP contribution in [0.1, 0.15) is 48.6 Å². The second kappa shape index (κ2) is 7.39. The van der Waals surface area contributed by atoms with Crippen molar-refractivity contribution in [3.63, 3.8) is 0 Å². The monoisotopic (exact) mass is 331 g/mol. The molecule has 0 saturated carbocycles. The molecule has 0 heterocycles. The number of terminal acetylenes is 1. The van der Waals surface area contributed by atoms with Gasteiger partial charge in [0.15, 0.2) is 0 Å². The molecule has 0 aliphatic heterocycles. The van der Waals surface area contributed by atoms with E-state index in [2.05, 4.69) is 11.2 Å². The summed E-state index contributed by atoms with van der Waals surface area (Å²) in [6, 6.07) is 0. The lowest BCUT2D eigenvalue weighted by atomic mass is 9.90. The van der Waals surface area contributed by atoms with Crippen molar-refractivity contribution in [2.75, 3.05) is 12.4 Å². The van der Waals surface area contributed by atoms with Crippen LogP contribution in [0.25, 0.3) is 0 Å². The highest BCUT2D eigenvalue weighted by atomic mass is 16.6. The Morgan fingerprint density at radius 1 is 1.12 bits per heavy atom. The molecule has 0 radical (unpaired) electrons. The van der Waals surface area contributed by atoms with E-state index in [-0.39, 0.29) is 12.4 Å². The summed E-state index contributed by atoms with van der Waals surface area (Å²) in [5.74, 6) is 2.28. The first-order valence-corrected chi connectivity index (χ1v) is 7.67. The zero-order chi connectivity index (χ0) is 18.7. The van der Waals surface area contributed by atoms with Gasteiger partial charge in [0, 0.05) is 5.56 Å². The summed E-state index contributed by atoms with van der Waals surface area (Å²) in [5.41, 5.74) is 3.76. The molecule has 5 heteroatoms. The molecule has 0 unspecified atom stereocenters. The Morgan fingerprint density at radius 2 is 1.71 bits per heavy atom. The van der Waals surface area contributed by atoms with Gasteiger partial charge >= 0.3 is 12.1 Å². The normalized spacial score (nSPS) is 10.8. The number of nitrogens with one attached hydrogen (secondary N) is 1. The number of benzene rings is 1. The van der Waals surface area contributed by atoms with Gasteiger partial charge in [-0.15, -0.1) is 6.42 Å². The SMILES string of the molecule is C#Cc1c(C)c(CC(=O)OC)c(C)c(NC(=O)OC(C)(C)C)c1C. The van der Waals surface area contributed by atoms with E-state index in [0.717, 1.165) is 22.3 Å². The number of carbonyl (C=O) groups excluding carboxylic acids is 2. The number of ether oxygens (including phenoxy) is 2. The quantitative estimate of drug-likeness (QED) is 0.678. The molecule has 0 bridgehead atoms. The van der Waals surface area contributed by atoms with Gasteiger partial charge in [-0.3, -0.25) is 10.1 Å². The first-order chi connectivity index (χ1) is 11.0. The summed E-state index contributed by atoms with van der Waals surface area (Å²) in [4.78, 5) is 23.8. The molecule has 0 fully saturated rings. The molecule has 0 saturated heterocycles. The molecule has 0 aliphatic rings. The fraction of sp³-hybridized carbons (Fsp3) is 0.474. The standard InChI is InChI=1S/C19H25NO4/c1-9-14-11(2)15(10-16(21)23-8)13(4)17(12(14)3)20-18(22)24-19(5,6)7/h1H,10H2,2-8H3,(H,20,22). The maximum atomic E-state index is 12.1. The van der Waals surface area contributed by atoms with E-state index < -0.39 is 11.7 Å². The van der Waals surface area contributed by atoms with Gasteiger partial charge in [0.25, 0.3) is 0 Å². The van der Waals surface area contributed by atoms with Crippen molar-refractivity contribution in [3.8, 4) is 12.3 Å². The molecule has 1 N–H and O–H groups in total. The Bertz CT molecular complexity index is 706.